The average Bonchev–Trinajstić information content (AvgIpc) is 3.06. The van der Waals surface area contributed by atoms with Crippen molar-refractivity contribution in [3.8, 4) is 0 Å². The molecule has 1 aromatic carbocycles. The van der Waals surface area contributed by atoms with Gasteiger partial charge >= 0.3 is 0 Å². The van der Waals surface area contributed by atoms with Gasteiger partial charge in [0, 0.05) is 17.5 Å². The molecule has 1 spiro atoms. The van der Waals surface area contributed by atoms with Crippen LogP contribution < -0.4 is 11.1 Å². The van der Waals surface area contributed by atoms with Crippen LogP contribution in [-0.2, 0) is 16.6 Å². The highest BCUT2D eigenvalue weighted by Crippen LogP contribution is 2.60. The van der Waals surface area contributed by atoms with E-state index in [0.29, 0.717) is 11.4 Å². The summed E-state index contributed by atoms with van der Waals surface area (Å²) in [6.45, 7) is 0. The predicted octanol–water partition coefficient (Wildman–Crippen LogP) is 2.35. The summed E-state index contributed by atoms with van der Waals surface area (Å²) in [5.74, 6) is -0.498. The molecule has 1 saturated carbocycles. The van der Waals surface area contributed by atoms with Crippen molar-refractivity contribution in [3.63, 3.8) is 0 Å². The maximum Gasteiger partial charge on any atom is 0.265 e. The van der Waals surface area contributed by atoms with Gasteiger partial charge in [-0.05, 0) is 42.9 Å². The van der Waals surface area contributed by atoms with Crippen molar-refractivity contribution in [2.45, 2.75) is 31.1 Å². The number of aryl methyl sites for hydroxylation is 1. The Morgan fingerprint density at radius 2 is 2.13 bits per heavy atom. The summed E-state index contributed by atoms with van der Waals surface area (Å²) < 4.78 is 0. The molecule has 2 aliphatic carbocycles. The Morgan fingerprint density at radius 3 is 2.91 bits per heavy atom. The third-order valence-electron chi connectivity index (χ3n) is 5.23. The van der Waals surface area contributed by atoms with Gasteiger partial charge in [-0.1, -0.05) is 24.3 Å². The first-order valence-electron chi connectivity index (χ1n) is 7.98. The lowest BCUT2D eigenvalue weighted by molar-refractivity contribution is -0.117. The fraction of sp³-hybridized carbons (Fsp3) is 0.333. The number of hydrogen-bond donors (Lipinski definition) is 3. The van der Waals surface area contributed by atoms with E-state index in [2.05, 4.69) is 34.6 Å². The number of carbonyl (C=O) groups is 2. The summed E-state index contributed by atoms with van der Waals surface area (Å²) in [5, 5.41) is 2.90. The van der Waals surface area contributed by atoms with E-state index in [-0.39, 0.29) is 17.2 Å². The van der Waals surface area contributed by atoms with Gasteiger partial charge in [0.1, 0.15) is 5.69 Å². The number of rotatable bonds is 3. The number of nitrogens with two attached hydrogens (primary N) is 1. The monoisotopic (exact) mass is 309 g/mol. The first-order valence-corrected chi connectivity index (χ1v) is 7.98. The number of aromatic amines is 1. The van der Waals surface area contributed by atoms with Crippen LogP contribution >= 0.6 is 0 Å². The lowest BCUT2D eigenvalue weighted by atomic mass is 9.78. The molecule has 0 bridgehead atoms. The summed E-state index contributed by atoms with van der Waals surface area (Å²) >= 11 is 0. The summed E-state index contributed by atoms with van der Waals surface area (Å²) in [5.41, 5.74) is 8.85. The molecule has 1 heterocycles. The molecule has 118 valence electrons. The zero-order chi connectivity index (χ0) is 16.0. The van der Waals surface area contributed by atoms with Crippen LogP contribution in [0.4, 0.5) is 5.69 Å². The Balaban J connectivity index is 1.52. The topological polar surface area (TPSA) is 88.0 Å². The second-order valence-electron chi connectivity index (χ2n) is 6.58. The van der Waals surface area contributed by atoms with Gasteiger partial charge in [-0.3, -0.25) is 9.59 Å². The molecule has 5 heteroatoms. The van der Waals surface area contributed by atoms with Crippen molar-refractivity contribution in [1.82, 2.24) is 4.98 Å². The van der Waals surface area contributed by atoms with Crippen LogP contribution in [0.1, 0.15) is 40.9 Å². The minimum atomic E-state index is -0.533. The lowest BCUT2D eigenvalue weighted by Crippen LogP contribution is -2.24. The summed E-state index contributed by atoms with van der Waals surface area (Å²) in [6.07, 6.45) is 5.81. The van der Waals surface area contributed by atoms with Gasteiger partial charge in [0.15, 0.2) is 0 Å². The van der Waals surface area contributed by atoms with E-state index in [1.54, 1.807) is 12.3 Å². The number of fused-ring (bicyclic) bond motifs is 2. The lowest BCUT2D eigenvalue weighted by Gasteiger charge is -2.26. The third-order valence-corrected chi connectivity index (χ3v) is 5.23. The van der Waals surface area contributed by atoms with Crippen molar-refractivity contribution < 1.29 is 9.59 Å². The minimum Gasteiger partial charge on any atom is -0.364 e. The molecule has 5 nitrogen and oxygen atoms in total. The Hall–Kier alpha value is -2.56. The molecular formula is C18H19N3O2. The van der Waals surface area contributed by atoms with Crippen LogP contribution in [0.5, 0.6) is 0 Å². The molecule has 23 heavy (non-hydrogen) atoms. The molecular weight excluding hydrogens is 290 g/mol. The molecule has 0 radical (unpaired) electrons. The van der Waals surface area contributed by atoms with Crippen LogP contribution in [0, 0.1) is 5.92 Å². The second kappa shape index (κ2) is 4.98. The van der Waals surface area contributed by atoms with E-state index in [4.69, 9.17) is 5.73 Å². The zero-order valence-corrected chi connectivity index (χ0v) is 12.8. The van der Waals surface area contributed by atoms with Crippen LogP contribution in [0.15, 0.2) is 36.5 Å². The predicted molar refractivity (Wildman–Crippen MR) is 87.1 cm³/mol. The van der Waals surface area contributed by atoms with Gasteiger partial charge in [-0.2, -0.15) is 0 Å². The Kier molecular flexibility index (Phi) is 3.04. The molecule has 2 aliphatic rings. The maximum absolute atomic E-state index is 12.6. The SMILES string of the molecule is NC(=O)c1cc(NC(=O)C2CC23CCCc2ccccc23)c[nH]1. The Labute approximate surface area is 134 Å². The molecule has 2 amide bonds. The van der Waals surface area contributed by atoms with Crippen molar-refractivity contribution in [2.24, 2.45) is 11.7 Å². The van der Waals surface area contributed by atoms with Gasteiger partial charge in [-0.25, -0.2) is 0 Å². The van der Waals surface area contributed by atoms with Gasteiger partial charge in [-0.15, -0.1) is 0 Å². The van der Waals surface area contributed by atoms with E-state index < -0.39 is 5.91 Å². The fourth-order valence-electron chi connectivity index (χ4n) is 4.01. The second-order valence-corrected chi connectivity index (χ2v) is 6.58. The summed E-state index contributed by atoms with van der Waals surface area (Å²) in [4.78, 5) is 26.5. The van der Waals surface area contributed by atoms with E-state index in [1.165, 1.54) is 11.1 Å². The molecule has 0 saturated heterocycles. The number of amides is 2. The number of benzene rings is 1. The third kappa shape index (κ3) is 2.23. The number of carbonyl (C=O) groups excluding carboxylic acids is 2. The molecule has 4 N–H and O–H groups in total. The minimum absolute atomic E-state index is 0.0101. The molecule has 2 unspecified atom stereocenters. The standard InChI is InChI=1S/C18H19N3O2/c19-16(22)15-8-12(10-20-15)21-17(23)14-9-18(14)7-3-5-11-4-1-2-6-13(11)18/h1-2,4,6,8,10,14,20H,3,5,7,9H2,(H2,19,22)(H,21,23). The highest BCUT2D eigenvalue weighted by atomic mass is 16.2. The van der Waals surface area contributed by atoms with E-state index in [0.717, 1.165) is 25.7 Å². The van der Waals surface area contributed by atoms with Crippen molar-refractivity contribution in [3.05, 3.63) is 53.3 Å². The van der Waals surface area contributed by atoms with Gasteiger partial charge in [0.05, 0.1) is 5.69 Å². The highest BCUT2D eigenvalue weighted by Gasteiger charge is 2.60. The first-order chi connectivity index (χ1) is 11.1. The number of aromatic nitrogens is 1. The van der Waals surface area contributed by atoms with Crippen LogP contribution in [0.2, 0.25) is 0 Å². The number of H-pyrrole nitrogens is 1. The molecule has 2 aromatic rings. The number of anilines is 1. The first kappa shape index (κ1) is 14.1. The Morgan fingerprint density at radius 1 is 1.30 bits per heavy atom. The summed E-state index contributed by atoms with van der Waals surface area (Å²) in [6, 6.07) is 10.0. The highest BCUT2D eigenvalue weighted by molar-refractivity contribution is 5.98. The maximum atomic E-state index is 12.6. The molecule has 1 fully saturated rings. The normalized spacial score (nSPS) is 25.0. The zero-order valence-electron chi connectivity index (χ0n) is 12.8. The van der Waals surface area contributed by atoms with Crippen LogP contribution in [0.25, 0.3) is 0 Å². The van der Waals surface area contributed by atoms with Crippen molar-refractivity contribution in [1.29, 1.82) is 0 Å². The van der Waals surface area contributed by atoms with E-state index in [9.17, 15) is 9.59 Å². The van der Waals surface area contributed by atoms with Crippen molar-refractivity contribution in [2.75, 3.05) is 5.32 Å². The van der Waals surface area contributed by atoms with E-state index >= 15 is 0 Å². The Bertz CT molecular complexity index is 795. The van der Waals surface area contributed by atoms with Gasteiger partial charge in [0.25, 0.3) is 5.91 Å². The fourth-order valence-corrected chi connectivity index (χ4v) is 4.01. The molecule has 4 rings (SSSR count). The molecule has 1 aromatic heterocycles. The molecule has 0 aliphatic heterocycles. The van der Waals surface area contributed by atoms with Gasteiger partial charge < -0.3 is 16.0 Å². The van der Waals surface area contributed by atoms with Crippen LogP contribution in [-0.4, -0.2) is 16.8 Å². The quantitative estimate of drug-likeness (QED) is 0.812. The van der Waals surface area contributed by atoms with Gasteiger partial charge in [0.2, 0.25) is 5.91 Å². The van der Waals surface area contributed by atoms with Crippen molar-refractivity contribution >= 4 is 17.5 Å². The largest absolute Gasteiger partial charge is 0.364 e. The number of primary amides is 1. The average molecular weight is 309 g/mol. The summed E-state index contributed by atoms with van der Waals surface area (Å²) in [7, 11) is 0. The number of hydrogen-bond acceptors (Lipinski definition) is 2. The molecule has 2 atom stereocenters. The van der Waals surface area contributed by atoms with E-state index in [1.807, 2.05) is 0 Å². The number of nitrogens with one attached hydrogen (secondary N) is 2. The smallest absolute Gasteiger partial charge is 0.265 e. The van der Waals surface area contributed by atoms with Crippen LogP contribution in [0.3, 0.4) is 0 Å².